The van der Waals surface area contributed by atoms with Crippen molar-refractivity contribution in [2.45, 2.75) is 65.7 Å². The molecule has 0 aromatic heterocycles. The molecular formula is C28H32Cl2Zr-2. The zero-order valence-corrected chi connectivity index (χ0v) is 22.9. The Hall–Kier alpha value is -0.747. The van der Waals surface area contributed by atoms with Crippen LogP contribution in [0, 0.1) is 17.6 Å². The van der Waals surface area contributed by atoms with Crippen molar-refractivity contribution in [3.63, 3.8) is 0 Å². The number of hydrogen-bond acceptors (Lipinski definition) is 0. The molecule has 5 rings (SSSR count). The van der Waals surface area contributed by atoms with Crippen molar-refractivity contribution >= 4 is 3.21 Å². The van der Waals surface area contributed by atoms with E-state index in [4.69, 9.17) is 0 Å². The van der Waals surface area contributed by atoms with E-state index in [9.17, 15) is 0 Å². The van der Waals surface area contributed by atoms with E-state index in [1.165, 1.54) is 59.9 Å². The summed E-state index contributed by atoms with van der Waals surface area (Å²) in [5, 5.41) is 0. The van der Waals surface area contributed by atoms with Gasteiger partial charge in [-0.3, -0.25) is 6.08 Å². The topological polar surface area (TPSA) is 0 Å². The minimum absolute atomic E-state index is 0. The van der Waals surface area contributed by atoms with E-state index < -0.39 is 0 Å². The van der Waals surface area contributed by atoms with Crippen molar-refractivity contribution < 1.29 is 49.0 Å². The smallest absolute Gasteiger partial charge is 0.0253 e. The maximum absolute atomic E-state index is 3.30. The Morgan fingerprint density at radius 3 is 2.10 bits per heavy atom. The van der Waals surface area contributed by atoms with Gasteiger partial charge in [0.1, 0.15) is 0 Å². The average molecular weight is 531 g/mol. The molecule has 0 unspecified atom stereocenters. The van der Waals surface area contributed by atoms with Crippen LogP contribution in [-0.2, 0) is 30.7 Å². The first-order valence-electron chi connectivity index (χ1n) is 10.9. The van der Waals surface area contributed by atoms with Crippen molar-refractivity contribution in [3.05, 3.63) is 83.5 Å². The molecule has 2 aromatic carbocycles. The quantitative estimate of drug-likeness (QED) is 0.386. The summed E-state index contributed by atoms with van der Waals surface area (Å²) in [7, 11) is 0. The van der Waals surface area contributed by atoms with E-state index in [0.717, 1.165) is 12.8 Å². The van der Waals surface area contributed by atoms with Gasteiger partial charge in [0.2, 0.25) is 0 Å². The van der Waals surface area contributed by atoms with Crippen molar-refractivity contribution in [2.24, 2.45) is 5.41 Å². The summed E-state index contributed by atoms with van der Waals surface area (Å²) in [6.45, 7) is 6.67. The Kier molecular flexibility index (Phi) is 12.5. The first kappa shape index (κ1) is 28.3. The Labute approximate surface area is 216 Å². The molecule has 1 saturated carbocycles. The van der Waals surface area contributed by atoms with Crippen LogP contribution in [0.25, 0.3) is 11.1 Å². The van der Waals surface area contributed by atoms with Gasteiger partial charge in [-0.05, 0) is 6.42 Å². The summed E-state index contributed by atoms with van der Waals surface area (Å²) in [6, 6.07) is 18.1. The van der Waals surface area contributed by atoms with Gasteiger partial charge < -0.3 is 24.8 Å². The fourth-order valence-corrected chi connectivity index (χ4v) is 4.76. The third-order valence-electron chi connectivity index (χ3n) is 5.64. The molecule has 0 amide bonds. The molecule has 2 aromatic rings. The van der Waals surface area contributed by atoms with E-state index in [-0.39, 0.29) is 24.8 Å². The SMILES string of the molecule is CC(C)(C)C1=CC[C-]=C1.[Cl-].[Cl-].[Zr+2]=[C]1CCCCC1.[c-]1cccc2c1Cc1ccccc1-2. The monoisotopic (exact) mass is 528 g/mol. The van der Waals surface area contributed by atoms with Gasteiger partial charge in [0.25, 0.3) is 0 Å². The van der Waals surface area contributed by atoms with Crippen LogP contribution < -0.4 is 24.8 Å². The van der Waals surface area contributed by atoms with Crippen molar-refractivity contribution in [2.75, 3.05) is 0 Å². The molecule has 0 heterocycles. The molecule has 0 radical (unpaired) electrons. The molecule has 3 aliphatic carbocycles. The van der Waals surface area contributed by atoms with Crippen LogP contribution >= 0.6 is 0 Å². The summed E-state index contributed by atoms with van der Waals surface area (Å²) < 4.78 is 1.80. The molecule has 0 bridgehead atoms. The van der Waals surface area contributed by atoms with Gasteiger partial charge >= 0.3 is 59.5 Å². The fourth-order valence-electron chi connectivity index (χ4n) is 3.90. The molecule has 0 spiro atoms. The Bertz CT molecular complexity index is 852. The predicted octanol–water partition coefficient (Wildman–Crippen LogP) is 1.46. The Morgan fingerprint density at radius 2 is 1.55 bits per heavy atom. The van der Waals surface area contributed by atoms with Crippen LogP contribution in [-0.4, -0.2) is 3.21 Å². The largest absolute Gasteiger partial charge is 0.179 e. The van der Waals surface area contributed by atoms with Gasteiger partial charge in [0, 0.05) is 0 Å². The second-order valence-electron chi connectivity index (χ2n) is 9.02. The van der Waals surface area contributed by atoms with E-state index in [0.29, 0.717) is 5.41 Å². The minimum atomic E-state index is 0. The summed E-state index contributed by atoms with van der Waals surface area (Å²) >= 11 is 1.69. The maximum atomic E-state index is 3.30. The van der Waals surface area contributed by atoms with Crippen LogP contribution in [0.3, 0.4) is 0 Å². The van der Waals surface area contributed by atoms with Crippen molar-refractivity contribution in [3.8, 4) is 11.1 Å². The molecule has 1 fully saturated rings. The van der Waals surface area contributed by atoms with Crippen LogP contribution in [0.2, 0.25) is 0 Å². The van der Waals surface area contributed by atoms with Gasteiger partial charge in [0.05, 0.1) is 0 Å². The van der Waals surface area contributed by atoms with E-state index in [1.807, 2.05) is 6.07 Å². The number of rotatable bonds is 0. The fraction of sp³-hybridized carbons (Fsp3) is 0.393. The minimum Gasteiger partial charge on any atom is -0.179 e. The zero-order chi connectivity index (χ0) is 20.7. The Balaban J connectivity index is 0.000000238. The van der Waals surface area contributed by atoms with Crippen molar-refractivity contribution in [1.82, 2.24) is 0 Å². The van der Waals surface area contributed by atoms with Gasteiger partial charge in [-0.15, -0.1) is 12.0 Å². The number of allylic oxidation sites excluding steroid dienone is 4. The van der Waals surface area contributed by atoms with Crippen molar-refractivity contribution in [1.29, 1.82) is 0 Å². The van der Waals surface area contributed by atoms with Gasteiger partial charge in [0.15, 0.2) is 0 Å². The third kappa shape index (κ3) is 8.60. The number of fused-ring (bicyclic) bond motifs is 3. The molecule has 164 valence electrons. The van der Waals surface area contributed by atoms with Gasteiger partial charge in [-0.25, -0.2) is 6.08 Å². The van der Waals surface area contributed by atoms with Gasteiger partial charge in [-0.2, -0.15) is 41.5 Å². The van der Waals surface area contributed by atoms with E-state index in [2.05, 4.69) is 81.5 Å². The number of halogens is 2. The average Bonchev–Trinajstić information content (AvgIpc) is 3.38. The van der Waals surface area contributed by atoms with Gasteiger partial charge in [-0.1, -0.05) is 61.6 Å². The zero-order valence-electron chi connectivity index (χ0n) is 18.9. The molecule has 3 aliphatic rings. The summed E-state index contributed by atoms with van der Waals surface area (Å²) in [5.41, 5.74) is 7.25. The molecule has 31 heavy (non-hydrogen) atoms. The molecule has 0 nitrogen and oxygen atoms in total. The molecule has 0 saturated heterocycles. The molecule has 0 aliphatic heterocycles. The van der Waals surface area contributed by atoms with Crippen LogP contribution in [0.4, 0.5) is 0 Å². The predicted molar refractivity (Wildman–Crippen MR) is 122 cm³/mol. The third-order valence-corrected chi connectivity index (χ3v) is 6.87. The van der Waals surface area contributed by atoms with E-state index in [1.54, 1.807) is 27.4 Å². The standard InChI is InChI=1S/C13H9.C9H13.C6H10.2ClH.Zr/c1-3-7-12-10(5-1)9-11-6-2-4-8-13(11)12;1-9(2,3)8-6-4-5-7-8;1-2-4-6-5-3-1;;;/h1-5,7-8H,9H2;6-7H,4H2,1-3H3;1-5H2;2*1H;/q2*-1;;;;+2/p-2. The molecule has 3 heteroatoms. The second-order valence-corrected chi connectivity index (χ2v) is 10.8. The normalized spacial score (nSPS) is 15.6. The van der Waals surface area contributed by atoms with E-state index >= 15 is 0 Å². The summed E-state index contributed by atoms with van der Waals surface area (Å²) in [4.78, 5) is 0. The summed E-state index contributed by atoms with van der Waals surface area (Å²) in [6.07, 6.45) is 16.9. The number of hydrogen-bond donors (Lipinski definition) is 0. The van der Waals surface area contributed by atoms with Crippen LogP contribution in [0.5, 0.6) is 0 Å². The molecule has 0 atom stereocenters. The Morgan fingerprint density at radius 1 is 0.871 bits per heavy atom. The second kappa shape index (κ2) is 13.7. The molecule has 0 N–H and O–H groups in total. The number of benzene rings is 2. The first-order valence-corrected chi connectivity index (χ1v) is 12.1. The summed E-state index contributed by atoms with van der Waals surface area (Å²) in [5.74, 6) is 0. The maximum Gasteiger partial charge on any atom is -0.0253 e. The van der Waals surface area contributed by atoms with Crippen LogP contribution in [0.15, 0.2) is 60.2 Å². The molecular weight excluding hydrogens is 498 g/mol. The van der Waals surface area contributed by atoms with Crippen LogP contribution in [0.1, 0.15) is 70.4 Å². The first-order chi connectivity index (χ1) is 13.9.